The number of aryl methyl sites for hydroxylation is 1. The molecule has 1 aliphatic heterocycles. The van der Waals surface area contributed by atoms with E-state index in [0.717, 1.165) is 50.1 Å². The SMILES string of the molecule is Cc1ncc(CN(C)CCC(=O)N2CCN(c3ccccn3)CC2)s1. The van der Waals surface area contributed by atoms with Gasteiger partial charge in [0.2, 0.25) is 5.91 Å². The molecule has 0 aromatic carbocycles. The van der Waals surface area contributed by atoms with Crippen molar-refractivity contribution in [3.05, 3.63) is 40.5 Å². The average Bonchev–Trinajstić information content (AvgIpc) is 3.05. The number of hydrogen-bond donors (Lipinski definition) is 0. The van der Waals surface area contributed by atoms with E-state index in [1.165, 1.54) is 4.88 Å². The predicted molar refractivity (Wildman–Crippen MR) is 101 cm³/mol. The van der Waals surface area contributed by atoms with Gasteiger partial charge in [0.25, 0.3) is 0 Å². The molecule has 0 saturated carbocycles. The number of carbonyl (C=O) groups excluding carboxylic acids is 1. The van der Waals surface area contributed by atoms with Gasteiger partial charge in [-0.15, -0.1) is 11.3 Å². The van der Waals surface area contributed by atoms with Crippen LogP contribution < -0.4 is 4.90 Å². The van der Waals surface area contributed by atoms with Crippen LogP contribution >= 0.6 is 11.3 Å². The van der Waals surface area contributed by atoms with Crippen molar-refractivity contribution < 1.29 is 4.79 Å². The molecule has 3 heterocycles. The molecule has 1 fully saturated rings. The summed E-state index contributed by atoms with van der Waals surface area (Å²) in [6, 6.07) is 5.95. The van der Waals surface area contributed by atoms with Crippen molar-refractivity contribution in [1.82, 2.24) is 19.8 Å². The van der Waals surface area contributed by atoms with Gasteiger partial charge in [0.1, 0.15) is 5.82 Å². The summed E-state index contributed by atoms with van der Waals surface area (Å²) in [5.74, 6) is 1.24. The molecule has 1 aliphatic rings. The van der Waals surface area contributed by atoms with Gasteiger partial charge in [-0.2, -0.15) is 0 Å². The van der Waals surface area contributed by atoms with Crippen LogP contribution in [0, 0.1) is 6.92 Å². The third kappa shape index (κ3) is 4.99. The van der Waals surface area contributed by atoms with Gasteiger partial charge in [-0.3, -0.25) is 4.79 Å². The zero-order valence-electron chi connectivity index (χ0n) is 14.9. The Morgan fingerprint density at radius 3 is 2.68 bits per heavy atom. The summed E-state index contributed by atoms with van der Waals surface area (Å²) in [6.07, 6.45) is 4.31. The van der Waals surface area contributed by atoms with Gasteiger partial charge in [-0.25, -0.2) is 9.97 Å². The lowest BCUT2D eigenvalue weighted by molar-refractivity contribution is -0.131. The lowest BCUT2D eigenvalue weighted by Crippen LogP contribution is -2.49. The van der Waals surface area contributed by atoms with Gasteiger partial charge in [0.15, 0.2) is 0 Å². The standard InChI is InChI=1S/C18H25N5OS/c1-15-20-13-16(25-15)14-21(2)8-6-18(24)23-11-9-22(10-12-23)17-5-3-4-7-19-17/h3-5,7,13H,6,8-12,14H2,1-2H3. The van der Waals surface area contributed by atoms with Crippen LogP contribution in [0.3, 0.4) is 0 Å². The second-order valence-corrected chi connectivity index (χ2v) is 7.71. The molecule has 0 N–H and O–H groups in total. The molecule has 25 heavy (non-hydrogen) atoms. The molecule has 1 saturated heterocycles. The number of aromatic nitrogens is 2. The van der Waals surface area contributed by atoms with Gasteiger partial charge in [0.05, 0.1) is 5.01 Å². The fraction of sp³-hybridized carbons (Fsp3) is 0.500. The minimum Gasteiger partial charge on any atom is -0.353 e. The normalized spacial score (nSPS) is 15.0. The number of anilines is 1. The summed E-state index contributed by atoms with van der Waals surface area (Å²) in [6.45, 7) is 6.88. The van der Waals surface area contributed by atoms with Crippen molar-refractivity contribution >= 4 is 23.1 Å². The van der Waals surface area contributed by atoms with Crippen molar-refractivity contribution in [2.75, 3.05) is 44.7 Å². The Hall–Kier alpha value is -1.99. The van der Waals surface area contributed by atoms with E-state index in [0.29, 0.717) is 6.42 Å². The largest absolute Gasteiger partial charge is 0.353 e. The van der Waals surface area contributed by atoms with Gasteiger partial charge in [-0.05, 0) is 26.1 Å². The van der Waals surface area contributed by atoms with E-state index >= 15 is 0 Å². The van der Waals surface area contributed by atoms with Gasteiger partial charge in [-0.1, -0.05) is 6.07 Å². The summed E-state index contributed by atoms with van der Waals surface area (Å²) >= 11 is 1.72. The molecule has 6 nitrogen and oxygen atoms in total. The van der Waals surface area contributed by atoms with Crippen molar-refractivity contribution in [2.45, 2.75) is 19.9 Å². The van der Waals surface area contributed by atoms with Crippen molar-refractivity contribution in [3.8, 4) is 0 Å². The van der Waals surface area contributed by atoms with Crippen LogP contribution in [0.25, 0.3) is 0 Å². The first-order valence-corrected chi connectivity index (χ1v) is 9.47. The molecule has 3 rings (SSSR count). The minimum absolute atomic E-state index is 0.244. The smallest absolute Gasteiger partial charge is 0.223 e. The number of pyridine rings is 1. The van der Waals surface area contributed by atoms with E-state index in [9.17, 15) is 4.79 Å². The summed E-state index contributed by atoms with van der Waals surface area (Å²) in [5, 5.41) is 1.09. The quantitative estimate of drug-likeness (QED) is 0.790. The fourth-order valence-corrected chi connectivity index (χ4v) is 3.87. The zero-order valence-corrected chi connectivity index (χ0v) is 15.7. The summed E-state index contributed by atoms with van der Waals surface area (Å²) in [4.78, 5) is 28.8. The molecule has 0 aliphatic carbocycles. The Kier molecular flexibility index (Phi) is 5.99. The number of thiazole rings is 1. The molecular weight excluding hydrogens is 334 g/mol. The van der Waals surface area contributed by atoms with Crippen LogP contribution in [-0.2, 0) is 11.3 Å². The summed E-state index contributed by atoms with van der Waals surface area (Å²) < 4.78 is 0. The molecule has 0 unspecified atom stereocenters. The molecule has 7 heteroatoms. The number of amides is 1. The second-order valence-electron chi connectivity index (χ2n) is 6.39. The number of piperazine rings is 1. The molecule has 1 amide bonds. The third-order valence-electron chi connectivity index (χ3n) is 4.41. The molecule has 2 aromatic heterocycles. The predicted octanol–water partition coefficient (Wildman–Crippen LogP) is 2.02. The Bertz CT molecular complexity index is 682. The highest BCUT2D eigenvalue weighted by Crippen LogP contribution is 2.15. The highest BCUT2D eigenvalue weighted by atomic mass is 32.1. The zero-order chi connectivity index (χ0) is 17.6. The number of hydrogen-bond acceptors (Lipinski definition) is 6. The number of rotatable bonds is 6. The van der Waals surface area contributed by atoms with Gasteiger partial charge < -0.3 is 14.7 Å². The topological polar surface area (TPSA) is 52.6 Å². The summed E-state index contributed by atoms with van der Waals surface area (Å²) in [7, 11) is 2.06. The first-order valence-electron chi connectivity index (χ1n) is 8.65. The Labute approximate surface area is 153 Å². The van der Waals surface area contributed by atoms with Crippen LogP contribution in [0.5, 0.6) is 0 Å². The highest BCUT2D eigenvalue weighted by molar-refractivity contribution is 7.11. The minimum atomic E-state index is 0.244. The molecule has 0 bridgehead atoms. The maximum atomic E-state index is 12.5. The molecule has 0 spiro atoms. The van der Waals surface area contributed by atoms with Crippen LogP contribution in [0.4, 0.5) is 5.82 Å². The van der Waals surface area contributed by atoms with Crippen LogP contribution in [0.1, 0.15) is 16.3 Å². The average molecular weight is 359 g/mol. The van der Waals surface area contributed by atoms with Crippen LogP contribution in [0.15, 0.2) is 30.6 Å². The summed E-state index contributed by atoms with van der Waals surface area (Å²) in [5.41, 5.74) is 0. The highest BCUT2D eigenvalue weighted by Gasteiger charge is 2.21. The van der Waals surface area contributed by atoms with E-state index in [4.69, 9.17) is 0 Å². The Balaban J connectivity index is 1.40. The van der Waals surface area contributed by atoms with E-state index in [2.05, 4.69) is 26.8 Å². The maximum absolute atomic E-state index is 12.5. The number of carbonyl (C=O) groups is 1. The lowest BCUT2D eigenvalue weighted by Gasteiger charge is -2.35. The van der Waals surface area contributed by atoms with E-state index in [-0.39, 0.29) is 5.91 Å². The van der Waals surface area contributed by atoms with E-state index in [1.807, 2.05) is 42.4 Å². The molecule has 2 aromatic rings. The lowest BCUT2D eigenvalue weighted by atomic mass is 10.2. The first kappa shape index (κ1) is 17.8. The Morgan fingerprint density at radius 1 is 1.24 bits per heavy atom. The Morgan fingerprint density at radius 2 is 2.04 bits per heavy atom. The molecule has 0 radical (unpaired) electrons. The van der Waals surface area contributed by atoms with Crippen LogP contribution in [-0.4, -0.2) is 65.4 Å². The van der Waals surface area contributed by atoms with Crippen LogP contribution in [0.2, 0.25) is 0 Å². The number of nitrogens with zero attached hydrogens (tertiary/aromatic N) is 5. The molecule has 134 valence electrons. The van der Waals surface area contributed by atoms with Gasteiger partial charge >= 0.3 is 0 Å². The fourth-order valence-electron chi connectivity index (χ4n) is 2.99. The second kappa shape index (κ2) is 8.40. The van der Waals surface area contributed by atoms with Crippen molar-refractivity contribution in [3.63, 3.8) is 0 Å². The van der Waals surface area contributed by atoms with E-state index < -0.39 is 0 Å². The molecule has 0 atom stereocenters. The first-order chi connectivity index (χ1) is 12.1. The van der Waals surface area contributed by atoms with E-state index in [1.54, 1.807) is 11.3 Å². The third-order valence-corrected chi connectivity index (χ3v) is 5.31. The van der Waals surface area contributed by atoms with Gasteiger partial charge in [0, 0.05) is 63.0 Å². The van der Waals surface area contributed by atoms with Crippen molar-refractivity contribution in [1.29, 1.82) is 0 Å². The molecular formula is C18H25N5OS. The van der Waals surface area contributed by atoms with Crippen molar-refractivity contribution in [2.24, 2.45) is 0 Å². The maximum Gasteiger partial charge on any atom is 0.223 e. The monoisotopic (exact) mass is 359 g/mol.